The molecule has 0 aliphatic carbocycles. The average molecular weight is 242 g/mol. The fourth-order valence-corrected chi connectivity index (χ4v) is 2.10. The van der Waals surface area contributed by atoms with Crippen molar-refractivity contribution in [3.63, 3.8) is 0 Å². The second kappa shape index (κ2) is 6.89. The Morgan fingerprint density at radius 3 is 2.44 bits per heavy atom. The van der Waals surface area contributed by atoms with E-state index < -0.39 is 0 Å². The van der Waals surface area contributed by atoms with E-state index >= 15 is 0 Å². The highest BCUT2D eigenvalue weighted by atomic mass is 35.5. The van der Waals surface area contributed by atoms with Crippen LogP contribution in [0.2, 0.25) is 0 Å². The zero-order valence-electron chi connectivity index (χ0n) is 9.76. The summed E-state index contributed by atoms with van der Waals surface area (Å²) in [4.78, 5) is 2.51. The van der Waals surface area contributed by atoms with Gasteiger partial charge in [-0.25, -0.2) is 0 Å². The third-order valence-electron chi connectivity index (χ3n) is 3.04. The normalized spacial score (nSPS) is 18.8. The first-order valence-corrected chi connectivity index (χ1v) is 5.72. The molecule has 0 amide bonds. The van der Waals surface area contributed by atoms with Gasteiger partial charge < -0.3 is 4.74 Å². The summed E-state index contributed by atoms with van der Waals surface area (Å²) in [5.41, 5.74) is 1.43. The lowest BCUT2D eigenvalue weighted by molar-refractivity contribution is 0.0203. The summed E-state index contributed by atoms with van der Waals surface area (Å²) >= 11 is 0. The monoisotopic (exact) mass is 241 g/mol. The molecule has 0 N–H and O–H groups in total. The van der Waals surface area contributed by atoms with E-state index in [1.165, 1.54) is 5.56 Å². The smallest absolute Gasteiger partial charge is 0.0594 e. The number of halogens is 1. The maximum atomic E-state index is 5.36. The first kappa shape index (κ1) is 13.5. The van der Waals surface area contributed by atoms with Gasteiger partial charge in [0.2, 0.25) is 0 Å². The first-order chi connectivity index (χ1) is 7.36. The van der Waals surface area contributed by atoms with Crippen molar-refractivity contribution >= 4 is 12.4 Å². The van der Waals surface area contributed by atoms with E-state index in [1.54, 1.807) is 0 Å². The van der Waals surface area contributed by atoms with Gasteiger partial charge in [0.1, 0.15) is 0 Å². The summed E-state index contributed by atoms with van der Waals surface area (Å²) in [5.74, 6) is 0. The Hall–Kier alpha value is -0.570. The quantitative estimate of drug-likeness (QED) is 0.806. The number of morpholine rings is 1. The van der Waals surface area contributed by atoms with Crippen LogP contribution in [0.25, 0.3) is 0 Å². The summed E-state index contributed by atoms with van der Waals surface area (Å²) < 4.78 is 5.36. The van der Waals surface area contributed by atoms with Crippen molar-refractivity contribution in [2.45, 2.75) is 19.4 Å². The number of hydrogen-bond donors (Lipinski definition) is 0. The summed E-state index contributed by atoms with van der Waals surface area (Å²) in [6.07, 6.45) is 1.14. The van der Waals surface area contributed by atoms with Gasteiger partial charge in [-0.15, -0.1) is 12.4 Å². The van der Waals surface area contributed by atoms with E-state index in [0.29, 0.717) is 6.04 Å². The molecule has 0 saturated carbocycles. The van der Waals surface area contributed by atoms with E-state index in [4.69, 9.17) is 4.74 Å². The maximum Gasteiger partial charge on any atom is 0.0594 e. The van der Waals surface area contributed by atoms with Crippen molar-refractivity contribution < 1.29 is 4.74 Å². The Morgan fingerprint density at radius 2 is 1.81 bits per heavy atom. The Kier molecular flexibility index (Phi) is 5.81. The molecule has 0 aromatic heterocycles. The van der Waals surface area contributed by atoms with E-state index in [2.05, 4.69) is 42.2 Å². The molecule has 1 aliphatic heterocycles. The molecule has 1 aliphatic rings. The molecular weight excluding hydrogens is 222 g/mol. The molecule has 90 valence electrons. The number of nitrogens with zero attached hydrogens (tertiary/aromatic N) is 1. The van der Waals surface area contributed by atoms with Crippen LogP contribution in [0.4, 0.5) is 0 Å². The van der Waals surface area contributed by atoms with Crippen LogP contribution in [0.1, 0.15) is 12.5 Å². The minimum Gasteiger partial charge on any atom is -0.379 e. The zero-order chi connectivity index (χ0) is 10.5. The van der Waals surface area contributed by atoms with Gasteiger partial charge >= 0.3 is 0 Å². The SMILES string of the molecule is CC(Cc1ccccc1)N1CCOCC1.Cl. The molecule has 1 atom stereocenters. The number of benzene rings is 1. The molecule has 1 saturated heterocycles. The molecule has 16 heavy (non-hydrogen) atoms. The van der Waals surface area contributed by atoms with Crippen LogP contribution in [0.15, 0.2) is 30.3 Å². The highest BCUT2D eigenvalue weighted by Gasteiger charge is 2.16. The second-order valence-corrected chi connectivity index (χ2v) is 4.19. The largest absolute Gasteiger partial charge is 0.379 e. The fraction of sp³-hybridized carbons (Fsp3) is 0.538. The van der Waals surface area contributed by atoms with E-state index in [1.807, 2.05) is 0 Å². The molecule has 1 fully saturated rings. The average Bonchev–Trinajstić information content (AvgIpc) is 2.31. The van der Waals surface area contributed by atoms with Crippen molar-refractivity contribution in [1.29, 1.82) is 0 Å². The van der Waals surface area contributed by atoms with Gasteiger partial charge in [0.25, 0.3) is 0 Å². The standard InChI is InChI=1S/C13H19NO.ClH/c1-12(14-7-9-15-10-8-14)11-13-5-3-2-4-6-13;/h2-6,12H,7-11H2,1H3;1H. The summed E-state index contributed by atoms with van der Waals surface area (Å²) in [6.45, 7) is 6.23. The Balaban J connectivity index is 0.00000128. The van der Waals surface area contributed by atoms with Crippen molar-refractivity contribution in [1.82, 2.24) is 4.90 Å². The molecule has 0 radical (unpaired) electrons. The minimum absolute atomic E-state index is 0. The van der Waals surface area contributed by atoms with Gasteiger partial charge in [-0.1, -0.05) is 30.3 Å². The van der Waals surface area contributed by atoms with Gasteiger partial charge in [-0.3, -0.25) is 4.90 Å². The molecule has 2 nitrogen and oxygen atoms in total. The van der Waals surface area contributed by atoms with Crippen LogP contribution in [0, 0.1) is 0 Å². The molecule has 0 bridgehead atoms. The van der Waals surface area contributed by atoms with Crippen molar-refractivity contribution in [3.05, 3.63) is 35.9 Å². The van der Waals surface area contributed by atoms with Crippen molar-refractivity contribution in [2.75, 3.05) is 26.3 Å². The second-order valence-electron chi connectivity index (χ2n) is 4.19. The predicted molar refractivity (Wildman–Crippen MR) is 69.2 cm³/mol. The van der Waals surface area contributed by atoms with Gasteiger partial charge in [0.15, 0.2) is 0 Å². The van der Waals surface area contributed by atoms with E-state index in [-0.39, 0.29) is 12.4 Å². The third-order valence-corrected chi connectivity index (χ3v) is 3.04. The molecule has 0 spiro atoms. The Morgan fingerprint density at radius 1 is 1.19 bits per heavy atom. The summed E-state index contributed by atoms with van der Waals surface area (Å²) in [6, 6.07) is 11.3. The predicted octanol–water partition coefficient (Wildman–Crippen LogP) is 2.37. The topological polar surface area (TPSA) is 12.5 Å². The van der Waals surface area contributed by atoms with Crippen LogP contribution in [-0.4, -0.2) is 37.2 Å². The summed E-state index contributed by atoms with van der Waals surface area (Å²) in [5, 5.41) is 0. The maximum absolute atomic E-state index is 5.36. The van der Waals surface area contributed by atoms with Crippen LogP contribution < -0.4 is 0 Å². The van der Waals surface area contributed by atoms with Crippen LogP contribution in [-0.2, 0) is 11.2 Å². The van der Waals surface area contributed by atoms with Gasteiger partial charge in [0, 0.05) is 19.1 Å². The molecule has 3 heteroatoms. The molecule has 1 aromatic carbocycles. The Bertz CT molecular complexity index is 285. The molecular formula is C13H20ClNO. The van der Waals surface area contributed by atoms with E-state index in [9.17, 15) is 0 Å². The molecule has 1 unspecified atom stereocenters. The number of ether oxygens (including phenoxy) is 1. The van der Waals surface area contributed by atoms with Crippen LogP contribution >= 0.6 is 12.4 Å². The lowest BCUT2D eigenvalue weighted by Crippen LogP contribution is -2.43. The van der Waals surface area contributed by atoms with Crippen molar-refractivity contribution in [2.24, 2.45) is 0 Å². The zero-order valence-corrected chi connectivity index (χ0v) is 10.6. The number of rotatable bonds is 3. The van der Waals surface area contributed by atoms with Crippen molar-refractivity contribution in [3.8, 4) is 0 Å². The minimum atomic E-state index is 0. The fourth-order valence-electron chi connectivity index (χ4n) is 2.10. The molecule has 1 heterocycles. The van der Waals surface area contributed by atoms with Gasteiger partial charge in [-0.2, -0.15) is 0 Å². The first-order valence-electron chi connectivity index (χ1n) is 5.72. The van der Waals surface area contributed by atoms with E-state index in [0.717, 1.165) is 32.7 Å². The van der Waals surface area contributed by atoms with Gasteiger partial charge in [0.05, 0.1) is 13.2 Å². The lowest BCUT2D eigenvalue weighted by atomic mass is 10.1. The Labute approximate surface area is 104 Å². The highest BCUT2D eigenvalue weighted by Crippen LogP contribution is 2.10. The van der Waals surface area contributed by atoms with Gasteiger partial charge in [-0.05, 0) is 18.9 Å². The number of hydrogen-bond acceptors (Lipinski definition) is 2. The summed E-state index contributed by atoms with van der Waals surface area (Å²) in [7, 11) is 0. The lowest BCUT2D eigenvalue weighted by Gasteiger charge is -2.32. The van der Waals surface area contributed by atoms with Crippen LogP contribution in [0.5, 0.6) is 0 Å². The van der Waals surface area contributed by atoms with Crippen LogP contribution in [0.3, 0.4) is 0 Å². The third kappa shape index (κ3) is 3.78. The molecule has 2 rings (SSSR count). The molecule has 1 aromatic rings. The highest BCUT2D eigenvalue weighted by molar-refractivity contribution is 5.85.